The van der Waals surface area contributed by atoms with Crippen molar-refractivity contribution in [2.75, 3.05) is 7.11 Å². The van der Waals surface area contributed by atoms with E-state index in [1.807, 2.05) is 55.5 Å². The zero-order chi connectivity index (χ0) is 15.8. The molecule has 4 nitrogen and oxygen atoms in total. The summed E-state index contributed by atoms with van der Waals surface area (Å²) in [6.45, 7) is 2.41. The van der Waals surface area contributed by atoms with E-state index in [0.717, 1.165) is 5.56 Å². The van der Waals surface area contributed by atoms with Crippen molar-refractivity contribution in [1.29, 1.82) is 0 Å². The first-order chi connectivity index (χ1) is 10.7. The average Bonchev–Trinajstić information content (AvgIpc) is 2.58. The first-order valence-corrected chi connectivity index (χ1v) is 7.36. The molecule has 0 saturated heterocycles. The van der Waals surface area contributed by atoms with E-state index in [1.165, 1.54) is 0 Å². The zero-order valence-corrected chi connectivity index (χ0v) is 12.9. The predicted molar refractivity (Wildman–Crippen MR) is 86.0 cm³/mol. The molecule has 2 rings (SSSR count). The summed E-state index contributed by atoms with van der Waals surface area (Å²) in [4.78, 5) is 12.3. The highest BCUT2D eigenvalue weighted by atomic mass is 16.5. The van der Waals surface area contributed by atoms with Gasteiger partial charge in [-0.1, -0.05) is 49.4 Å². The van der Waals surface area contributed by atoms with Gasteiger partial charge in [0.15, 0.2) is 17.6 Å². The normalized spacial score (nSPS) is 11.5. The average molecular weight is 299 g/mol. The lowest BCUT2D eigenvalue weighted by atomic mass is 10.2. The van der Waals surface area contributed by atoms with Crippen LogP contribution in [0.5, 0.6) is 11.5 Å². The Labute approximate surface area is 131 Å². The lowest BCUT2D eigenvalue weighted by Gasteiger charge is -2.18. The quantitative estimate of drug-likeness (QED) is 0.854. The molecule has 0 aliphatic rings. The van der Waals surface area contributed by atoms with Crippen LogP contribution in [0.2, 0.25) is 0 Å². The molecule has 116 valence electrons. The molecule has 0 spiro atoms. The van der Waals surface area contributed by atoms with Gasteiger partial charge in [-0.2, -0.15) is 0 Å². The Morgan fingerprint density at radius 2 is 1.68 bits per heavy atom. The number of benzene rings is 2. The summed E-state index contributed by atoms with van der Waals surface area (Å²) < 4.78 is 11.0. The predicted octanol–water partition coefficient (Wildman–Crippen LogP) is 3.17. The minimum absolute atomic E-state index is 0.128. The first kappa shape index (κ1) is 15.9. The SMILES string of the molecule is CC[C@@H](Oc1ccccc1OC)C(=O)NCc1ccccc1. The summed E-state index contributed by atoms with van der Waals surface area (Å²) in [5.74, 6) is 1.07. The van der Waals surface area contributed by atoms with E-state index >= 15 is 0 Å². The summed E-state index contributed by atoms with van der Waals surface area (Å²) in [7, 11) is 1.58. The standard InChI is InChI=1S/C18H21NO3/c1-3-15(22-17-12-8-7-11-16(17)21-2)18(20)19-13-14-9-5-4-6-10-14/h4-12,15H,3,13H2,1-2H3,(H,19,20)/t15-/m1/s1. The van der Waals surface area contributed by atoms with Gasteiger partial charge in [-0.05, 0) is 24.1 Å². The van der Waals surface area contributed by atoms with Gasteiger partial charge in [0.2, 0.25) is 0 Å². The van der Waals surface area contributed by atoms with Crippen LogP contribution in [0.1, 0.15) is 18.9 Å². The van der Waals surface area contributed by atoms with Gasteiger partial charge in [0.1, 0.15) is 0 Å². The third kappa shape index (κ3) is 4.25. The molecular weight excluding hydrogens is 278 g/mol. The summed E-state index contributed by atoms with van der Waals surface area (Å²) in [6, 6.07) is 17.1. The maximum atomic E-state index is 12.3. The number of para-hydroxylation sites is 2. The Kier molecular flexibility index (Phi) is 5.83. The fraction of sp³-hybridized carbons (Fsp3) is 0.278. The number of methoxy groups -OCH3 is 1. The van der Waals surface area contributed by atoms with Crippen LogP contribution in [0.4, 0.5) is 0 Å². The van der Waals surface area contributed by atoms with Crippen LogP contribution in [-0.2, 0) is 11.3 Å². The van der Waals surface area contributed by atoms with Gasteiger partial charge in [0.05, 0.1) is 7.11 Å². The Morgan fingerprint density at radius 1 is 1.05 bits per heavy atom. The summed E-state index contributed by atoms with van der Waals surface area (Å²) in [5.41, 5.74) is 1.06. The molecule has 2 aromatic rings. The van der Waals surface area contributed by atoms with E-state index in [4.69, 9.17) is 9.47 Å². The van der Waals surface area contributed by atoms with Gasteiger partial charge in [0.25, 0.3) is 5.91 Å². The van der Waals surface area contributed by atoms with Crippen LogP contribution >= 0.6 is 0 Å². The molecule has 1 atom stereocenters. The van der Waals surface area contributed by atoms with Crippen molar-refractivity contribution in [3.05, 3.63) is 60.2 Å². The zero-order valence-electron chi connectivity index (χ0n) is 12.9. The van der Waals surface area contributed by atoms with Crippen LogP contribution in [0.15, 0.2) is 54.6 Å². The van der Waals surface area contributed by atoms with Gasteiger partial charge in [-0.3, -0.25) is 4.79 Å². The molecule has 1 amide bonds. The van der Waals surface area contributed by atoms with Gasteiger partial charge < -0.3 is 14.8 Å². The van der Waals surface area contributed by atoms with Gasteiger partial charge in [-0.15, -0.1) is 0 Å². The fourth-order valence-electron chi connectivity index (χ4n) is 2.09. The van der Waals surface area contributed by atoms with Crippen LogP contribution < -0.4 is 14.8 Å². The van der Waals surface area contributed by atoms with E-state index in [1.54, 1.807) is 13.2 Å². The Morgan fingerprint density at radius 3 is 2.32 bits per heavy atom. The van der Waals surface area contributed by atoms with Crippen molar-refractivity contribution in [1.82, 2.24) is 5.32 Å². The van der Waals surface area contributed by atoms with E-state index in [-0.39, 0.29) is 5.91 Å². The van der Waals surface area contributed by atoms with Gasteiger partial charge >= 0.3 is 0 Å². The van der Waals surface area contributed by atoms with Crippen molar-refractivity contribution in [2.24, 2.45) is 0 Å². The lowest BCUT2D eigenvalue weighted by Crippen LogP contribution is -2.37. The monoisotopic (exact) mass is 299 g/mol. The van der Waals surface area contributed by atoms with E-state index in [9.17, 15) is 4.79 Å². The largest absolute Gasteiger partial charge is 0.493 e. The number of ether oxygens (including phenoxy) is 2. The number of carbonyl (C=O) groups excluding carboxylic acids is 1. The molecule has 0 aliphatic carbocycles. The number of carbonyl (C=O) groups is 1. The second-order valence-corrected chi connectivity index (χ2v) is 4.87. The maximum Gasteiger partial charge on any atom is 0.261 e. The Bertz CT molecular complexity index is 598. The molecule has 0 saturated carbocycles. The summed E-state index contributed by atoms with van der Waals surface area (Å²) in [5, 5.41) is 2.90. The van der Waals surface area contributed by atoms with Crippen molar-refractivity contribution in [3.8, 4) is 11.5 Å². The molecule has 0 bridgehead atoms. The van der Waals surface area contributed by atoms with Crippen molar-refractivity contribution in [3.63, 3.8) is 0 Å². The minimum Gasteiger partial charge on any atom is -0.493 e. The molecule has 0 heterocycles. The van der Waals surface area contributed by atoms with Crippen LogP contribution in [0.25, 0.3) is 0 Å². The lowest BCUT2D eigenvalue weighted by molar-refractivity contribution is -0.128. The van der Waals surface area contributed by atoms with Gasteiger partial charge in [0, 0.05) is 6.54 Å². The molecule has 1 N–H and O–H groups in total. The molecule has 0 fully saturated rings. The molecule has 2 aromatic carbocycles. The Hall–Kier alpha value is -2.49. The number of amides is 1. The van der Waals surface area contributed by atoms with Crippen LogP contribution in [-0.4, -0.2) is 19.1 Å². The molecule has 0 aromatic heterocycles. The summed E-state index contributed by atoms with van der Waals surface area (Å²) >= 11 is 0. The van der Waals surface area contributed by atoms with Gasteiger partial charge in [-0.25, -0.2) is 0 Å². The second-order valence-electron chi connectivity index (χ2n) is 4.87. The molecule has 0 unspecified atom stereocenters. The summed E-state index contributed by atoms with van der Waals surface area (Å²) in [6.07, 6.45) is 0.0404. The third-order valence-corrected chi connectivity index (χ3v) is 3.31. The maximum absolute atomic E-state index is 12.3. The molecule has 0 aliphatic heterocycles. The third-order valence-electron chi connectivity index (χ3n) is 3.31. The molecule has 0 radical (unpaired) electrons. The second kappa shape index (κ2) is 8.08. The smallest absolute Gasteiger partial charge is 0.261 e. The Balaban J connectivity index is 1.97. The van der Waals surface area contributed by atoms with Crippen LogP contribution in [0, 0.1) is 0 Å². The van der Waals surface area contributed by atoms with Crippen LogP contribution in [0.3, 0.4) is 0 Å². The topological polar surface area (TPSA) is 47.6 Å². The van der Waals surface area contributed by atoms with Crippen molar-refractivity contribution >= 4 is 5.91 Å². The van der Waals surface area contributed by atoms with E-state index < -0.39 is 6.10 Å². The van der Waals surface area contributed by atoms with E-state index in [0.29, 0.717) is 24.5 Å². The molecular formula is C18H21NO3. The van der Waals surface area contributed by atoms with Crippen molar-refractivity contribution in [2.45, 2.75) is 26.0 Å². The highest BCUT2D eigenvalue weighted by Gasteiger charge is 2.19. The number of nitrogens with one attached hydrogen (secondary N) is 1. The van der Waals surface area contributed by atoms with E-state index in [2.05, 4.69) is 5.32 Å². The highest BCUT2D eigenvalue weighted by Crippen LogP contribution is 2.27. The molecule has 22 heavy (non-hydrogen) atoms. The first-order valence-electron chi connectivity index (χ1n) is 7.36. The minimum atomic E-state index is -0.542. The fourth-order valence-corrected chi connectivity index (χ4v) is 2.09. The number of hydrogen-bond donors (Lipinski definition) is 1. The highest BCUT2D eigenvalue weighted by molar-refractivity contribution is 5.81. The molecule has 4 heteroatoms. The number of hydrogen-bond acceptors (Lipinski definition) is 3. The van der Waals surface area contributed by atoms with Crippen molar-refractivity contribution < 1.29 is 14.3 Å². The number of rotatable bonds is 7.